The summed E-state index contributed by atoms with van der Waals surface area (Å²) >= 11 is 0. The lowest BCUT2D eigenvalue weighted by molar-refractivity contribution is -0.387. The van der Waals surface area contributed by atoms with E-state index in [1.807, 2.05) is 0 Å². The van der Waals surface area contributed by atoms with Gasteiger partial charge < -0.3 is 9.05 Å². The highest BCUT2D eigenvalue weighted by atomic mass is 32.2. The summed E-state index contributed by atoms with van der Waals surface area (Å²) in [5, 5.41) is 11.4. The summed E-state index contributed by atoms with van der Waals surface area (Å²) in [7, 11) is -6.55. The third-order valence-electron chi connectivity index (χ3n) is 4.68. The van der Waals surface area contributed by atoms with Gasteiger partial charge in [0.05, 0.1) is 17.1 Å². The van der Waals surface area contributed by atoms with Crippen LogP contribution < -0.4 is 0 Å². The van der Waals surface area contributed by atoms with Crippen LogP contribution in [-0.2, 0) is 30.2 Å². The second-order valence-corrected chi connectivity index (χ2v) is 10.4. The first-order valence-electron chi connectivity index (χ1n) is 9.00. The highest BCUT2D eigenvalue weighted by molar-refractivity contribution is 7.89. The van der Waals surface area contributed by atoms with Crippen molar-refractivity contribution >= 4 is 23.3 Å². The van der Waals surface area contributed by atoms with Crippen molar-refractivity contribution in [1.29, 1.82) is 0 Å². The molecule has 160 valence electrons. The smallest absolute Gasteiger partial charge is 0.309 e. The molecule has 2 aromatic rings. The number of rotatable bonds is 7. The fraction of sp³-hybridized carbons (Fsp3) is 0.263. The number of nitro benzene ring substituents is 1. The molecule has 0 amide bonds. The topological polar surface area (TPSA) is 116 Å². The molecule has 0 N–H and O–H groups in total. The molecule has 3 atom stereocenters. The van der Waals surface area contributed by atoms with Crippen molar-refractivity contribution in [2.45, 2.75) is 30.5 Å². The maximum absolute atomic E-state index is 13.6. The lowest BCUT2D eigenvalue weighted by Crippen LogP contribution is -2.46. The fourth-order valence-electron chi connectivity index (χ4n) is 3.18. The van der Waals surface area contributed by atoms with Crippen molar-refractivity contribution in [2.24, 2.45) is 0 Å². The lowest BCUT2D eigenvalue weighted by atomic mass is 10.1. The quantitative estimate of drug-likeness (QED) is 0.355. The highest BCUT2D eigenvalue weighted by Gasteiger charge is 2.41. The van der Waals surface area contributed by atoms with Crippen molar-refractivity contribution < 1.29 is 27.0 Å². The molecule has 0 saturated carbocycles. The van der Waals surface area contributed by atoms with Crippen molar-refractivity contribution in [3.05, 3.63) is 82.2 Å². The average Bonchev–Trinajstić information content (AvgIpc) is 2.73. The molecule has 0 saturated heterocycles. The number of nitro groups is 1. The van der Waals surface area contributed by atoms with Crippen LogP contribution in [0.4, 0.5) is 5.69 Å². The van der Waals surface area contributed by atoms with Crippen LogP contribution in [0.2, 0.25) is 0 Å². The van der Waals surface area contributed by atoms with E-state index in [4.69, 9.17) is 9.05 Å². The normalized spacial score (nSPS) is 24.1. The fourth-order valence-corrected chi connectivity index (χ4v) is 6.22. The number of sulfonamides is 1. The van der Waals surface area contributed by atoms with Gasteiger partial charge in [-0.3, -0.25) is 14.7 Å². The largest absolute Gasteiger partial charge is 0.353 e. The number of benzene rings is 2. The molecule has 3 rings (SSSR count). The minimum absolute atomic E-state index is 0.0603. The standard InChI is InChI=1S/C19H21N2O7PS/c1-15-17(12-13-29(24,27-2)28-15)20(14-16-8-4-3-5-9-16)30(25,26)19-11-7-6-10-18(19)21(22)23/h3-13,15,17H,14H2,1-2H3/t15-,17+,29+/m1/s1. The van der Waals surface area contributed by atoms with E-state index in [0.717, 1.165) is 10.4 Å². The zero-order valence-corrected chi connectivity index (χ0v) is 18.0. The Morgan fingerprint density at radius 3 is 2.40 bits per heavy atom. The van der Waals surface area contributed by atoms with E-state index >= 15 is 0 Å². The predicted molar refractivity (Wildman–Crippen MR) is 110 cm³/mol. The molecule has 1 aliphatic rings. The molecule has 0 fully saturated rings. The first-order valence-corrected chi connectivity index (χ1v) is 12.1. The Bertz CT molecular complexity index is 1100. The Hall–Kier alpha value is -2.36. The molecular weight excluding hydrogens is 431 g/mol. The molecule has 1 aliphatic heterocycles. The zero-order chi connectivity index (χ0) is 21.9. The molecule has 0 unspecified atom stereocenters. The van der Waals surface area contributed by atoms with E-state index in [1.165, 1.54) is 37.2 Å². The maximum Gasteiger partial charge on any atom is 0.353 e. The molecule has 30 heavy (non-hydrogen) atoms. The molecule has 0 aliphatic carbocycles. The molecule has 0 aromatic heterocycles. The molecule has 2 aromatic carbocycles. The average molecular weight is 452 g/mol. The third-order valence-corrected chi connectivity index (χ3v) is 8.24. The summed E-state index contributed by atoms with van der Waals surface area (Å²) in [5.41, 5.74) is 0.159. The van der Waals surface area contributed by atoms with Gasteiger partial charge in [-0.1, -0.05) is 48.5 Å². The summed E-state index contributed by atoms with van der Waals surface area (Å²) in [6.45, 7) is 1.52. The number of nitrogens with zero attached hydrogens (tertiary/aromatic N) is 2. The van der Waals surface area contributed by atoms with Crippen LogP contribution in [0.1, 0.15) is 12.5 Å². The van der Waals surface area contributed by atoms with E-state index in [1.54, 1.807) is 37.3 Å². The first-order chi connectivity index (χ1) is 14.2. The van der Waals surface area contributed by atoms with Gasteiger partial charge in [-0.25, -0.2) is 8.42 Å². The summed E-state index contributed by atoms with van der Waals surface area (Å²) < 4.78 is 51.0. The van der Waals surface area contributed by atoms with Crippen LogP contribution in [-0.4, -0.2) is 36.9 Å². The Morgan fingerprint density at radius 1 is 1.17 bits per heavy atom. The van der Waals surface area contributed by atoms with Gasteiger partial charge in [-0.2, -0.15) is 4.31 Å². The predicted octanol–water partition coefficient (Wildman–Crippen LogP) is 3.93. The van der Waals surface area contributed by atoms with Gasteiger partial charge in [-0.15, -0.1) is 0 Å². The summed E-state index contributed by atoms with van der Waals surface area (Å²) in [5.74, 6) is 1.21. The number of hydrogen-bond acceptors (Lipinski definition) is 7. The van der Waals surface area contributed by atoms with Crippen LogP contribution in [0.25, 0.3) is 0 Å². The van der Waals surface area contributed by atoms with Gasteiger partial charge in [0.15, 0.2) is 4.90 Å². The molecule has 11 heteroatoms. The zero-order valence-electron chi connectivity index (χ0n) is 16.3. The molecule has 1 heterocycles. The SMILES string of the molecule is CO[P@@]1(=O)C=C[C@H](N(Cc2ccccc2)S(=O)(=O)c2ccccc2[N+](=O)[O-])[C@@H](C)O1. The van der Waals surface area contributed by atoms with Crippen LogP contribution in [0.15, 0.2) is 71.4 Å². The van der Waals surface area contributed by atoms with Crippen LogP contribution in [0.3, 0.4) is 0 Å². The monoisotopic (exact) mass is 452 g/mol. The van der Waals surface area contributed by atoms with Gasteiger partial charge in [0.1, 0.15) is 0 Å². The Kier molecular flexibility index (Phi) is 6.54. The summed E-state index contributed by atoms with van der Waals surface area (Å²) in [4.78, 5) is 10.3. The van der Waals surface area contributed by atoms with Crippen LogP contribution >= 0.6 is 7.60 Å². The second-order valence-electron chi connectivity index (χ2n) is 6.63. The molecule has 9 nitrogen and oxygen atoms in total. The highest BCUT2D eigenvalue weighted by Crippen LogP contribution is 2.53. The minimum Gasteiger partial charge on any atom is -0.309 e. The molecule has 0 radical (unpaired) electrons. The van der Waals surface area contributed by atoms with E-state index in [9.17, 15) is 23.1 Å². The Labute approximate surface area is 174 Å². The van der Waals surface area contributed by atoms with E-state index in [-0.39, 0.29) is 6.54 Å². The number of para-hydroxylation sites is 1. The molecule has 0 bridgehead atoms. The minimum atomic E-state index is -4.32. The van der Waals surface area contributed by atoms with E-state index in [0.29, 0.717) is 5.56 Å². The van der Waals surface area contributed by atoms with Gasteiger partial charge in [0, 0.05) is 25.5 Å². The lowest BCUT2D eigenvalue weighted by Gasteiger charge is -2.36. The van der Waals surface area contributed by atoms with Gasteiger partial charge in [0.2, 0.25) is 0 Å². The van der Waals surface area contributed by atoms with Crippen molar-refractivity contribution in [3.8, 4) is 0 Å². The van der Waals surface area contributed by atoms with Gasteiger partial charge in [-0.05, 0) is 18.6 Å². The summed E-state index contributed by atoms with van der Waals surface area (Å²) in [6.07, 6.45) is 0.635. The van der Waals surface area contributed by atoms with Crippen molar-refractivity contribution in [1.82, 2.24) is 4.31 Å². The second kappa shape index (κ2) is 8.79. The Balaban J connectivity index is 2.12. The van der Waals surface area contributed by atoms with E-state index < -0.39 is 45.3 Å². The maximum atomic E-state index is 13.6. The summed E-state index contributed by atoms with van der Waals surface area (Å²) in [6, 6.07) is 13.1. The molecule has 0 spiro atoms. The Morgan fingerprint density at radius 2 is 1.80 bits per heavy atom. The third kappa shape index (κ3) is 4.53. The van der Waals surface area contributed by atoms with E-state index in [2.05, 4.69) is 0 Å². The first kappa shape index (κ1) is 22.3. The van der Waals surface area contributed by atoms with Crippen LogP contribution in [0.5, 0.6) is 0 Å². The van der Waals surface area contributed by atoms with Gasteiger partial charge >= 0.3 is 7.60 Å². The van der Waals surface area contributed by atoms with Crippen molar-refractivity contribution in [3.63, 3.8) is 0 Å². The van der Waals surface area contributed by atoms with Crippen LogP contribution in [0, 0.1) is 10.1 Å². The number of hydrogen-bond donors (Lipinski definition) is 0. The van der Waals surface area contributed by atoms with Crippen molar-refractivity contribution in [2.75, 3.05) is 7.11 Å². The van der Waals surface area contributed by atoms with Gasteiger partial charge in [0.25, 0.3) is 15.7 Å². The molecular formula is C19H21N2O7PS.